The summed E-state index contributed by atoms with van der Waals surface area (Å²) in [6, 6.07) is 9.35. The highest BCUT2D eigenvalue weighted by Gasteiger charge is 2.30. The van der Waals surface area contributed by atoms with Gasteiger partial charge >= 0.3 is 6.18 Å². The van der Waals surface area contributed by atoms with Crippen LogP contribution in [0, 0.1) is 5.82 Å². The van der Waals surface area contributed by atoms with Crippen LogP contribution in [-0.4, -0.2) is 28.6 Å². The van der Waals surface area contributed by atoms with Crippen molar-refractivity contribution in [2.24, 2.45) is 0 Å². The molecular formula is C20H16ClF4N3O2. The molecule has 5 nitrogen and oxygen atoms in total. The van der Waals surface area contributed by atoms with Crippen LogP contribution in [0.4, 0.5) is 23.2 Å². The minimum atomic E-state index is -4.41. The van der Waals surface area contributed by atoms with Gasteiger partial charge in [-0.2, -0.15) is 18.2 Å². The third-order valence-corrected chi connectivity index (χ3v) is 4.70. The van der Waals surface area contributed by atoms with Gasteiger partial charge in [0.25, 0.3) is 0 Å². The molecule has 0 amide bonds. The van der Waals surface area contributed by atoms with E-state index in [-0.39, 0.29) is 17.9 Å². The molecule has 0 unspecified atom stereocenters. The predicted octanol–water partition coefficient (Wildman–Crippen LogP) is 5.45. The van der Waals surface area contributed by atoms with E-state index in [1.807, 2.05) is 0 Å². The normalized spacial score (nSPS) is 12.6. The van der Waals surface area contributed by atoms with E-state index < -0.39 is 30.9 Å². The van der Waals surface area contributed by atoms with Gasteiger partial charge < -0.3 is 14.2 Å². The summed E-state index contributed by atoms with van der Waals surface area (Å²) in [5.41, 5.74) is 1.02. The number of nitrogens with zero attached hydrogens (tertiary/aromatic N) is 3. The topological polar surface area (TPSA) is 59.2 Å². The monoisotopic (exact) mass is 441 g/mol. The lowest BCUT2D eigenvalue weighted by atomic mass is 10.1. The van der Waals surface area contributed by atoms with Crippen molar-refractivity contribution in [3.05, 3.63) is 65.3 Å². The van der Waals surface area contributed by atoms with Gasteiger partial charge in [0.1, 0.15) is 12.1 Å². The van der Waals surface area contributed by atoms with Gasteiger partial charge in [-0.25, -0.2) is 4.39 Å². The van der Waals surface area contributed by atoms with E-state index in [9.17, 15) is 22.4 Å². The molecule has 0 spiro atoms. The second-order valence-corrected chi connectivity index (χ2v) is 6.96. The molecule has 0 saturated carbocycles. The minimum absolute atomic E-state index is 0.124. The van der Waals surface area contributed by atoms with Gasteiger partial charge in [0.05, 0.1) is 6.04 Å². The number of carbonyl (C=O) groups is 1. The predicted molar refractivity (Wildman–Crippen MR) is 102 cm³/mol. The van der Waals surface area contributed by atoms with Gasteiger partial charge in [0.2, 0.25) is 12.2 Å². The third-order valence-electron chi connectivity index (χ3n) is 4.45. The van der Waals surface area contributed by atoms with Gasteiger partial charge in [-0.15, -0.1) is 0 Å². The van der Waals surface area contributed by atoms with E-state index in [1.54, 1.807) is 30.3 Å². The molecule has 0 saturated heterocycles. The lowest BCUT2D eigenvalue weighted by molar-refractivity contribution is -0.136. The average molecular weight is 442 g/mol. The molecule has 10 heteroatoms. The van der Waals surface area contributed by atoms with Crippen LogP contribution < -0.4 is 4.90 Å². The summed E-state index contributed by atoms with van der Waals surface area (Å²) in [4.78, 5) is 16.9. The fourth-order valence-electron chi connectivity index (χ4n) is 2.94. The van der Waals surface area contributed by atoms with Crippen LogP contribution in [0.5, 0.6) is 0 Å². The minimum Gasteiger partial charge on any atom is -0.357 e. The first-order chi connectivity index (χ1) is 14.3. The van der Waals surface area contributed by atoms with E-state index in [4.69, 9.17) is 11.6 Å². The number of carbonyl (C=O) groups excluding carboxylic acids is 1. The summed E-state index contributed by atoms with van der Waals surface area (Å²) in [5, 5.41) is 4.06. The number of hydrogen-bond acceptors (Lipinski definition) is 5. The fourth-order valence-corrected chi connectivity index (χ4v) is 3.06. The molecule has 0 aliphatic carbocycles. The molecule has 30 heavy (non-hydrogen) atoms. The van der Waals surface area contributed by atoms with Crippen molar-refractivity contribution < 1.29 is 26.9 Å². The van der Waals surface area contributed by atoms with Gasteiger partial charge in [-0.3, -0.25) is 0 Å². The molecule has 0 radical (unpaired) electrons. The number of benzene rings is 2. The number of alkyl halides is 3. The smallest absolute Gasteiger partial charge is 0.357 e. The van der Waals surface area contributed by atoms with Crippen molar-refractivity contribution in [3.8, 4) is 11.4 Å². The summed E-state index contributed by atoms with van der Waals surface area (Å²) >= 11 is 5.89. The van der Waals surface area contributed by atoms with E-state index in [1.165, 1.54) is 17.0 Å². The van der Waals surface area contributed by atoms with Crippen LogP contribution in [0.1, 0.15) is 18.4 Å². The van der Waals surface area contributed by atoms with Crippen molar-refractivity contribution >= 4 is 23.6 Å². The Balaban J connectivity index is 1.90. The zero-order valence-corrected chi connectivity index (χ0v) is 16.2. The molecule has 1 heterocycles. The second-order valence-electron chi connectivity index (χ2n) is 6.52. The quantitative estimate of drug-likeness (QED) is 0.344. The van der Waals surface area contributed by atoms with Crippen LogP contribution in [-0.2, 0) is 11.3 Å². The molecule has 3 rings (SSSR count). The van der Waals surface area contributed by atoms with Crippen molar-refractivity contribution in [1.82, 2.24) is 10.1 Å². The Labute approximate surface area is 174 Å². The third kappa shape index (κ3) is 5.56. The summed E-state index contributed by atoms with van der Waals surface area (Å²) in [5.74, 6) is -0.414. The van der Waals surface area contributed by atoms with Gasteiger partial charge in [0, 0.05) is 34.8 Å². The van der Waals surface area contributed by atoms with Crippen LogP contribution in [0.2, 0.25) is 5.02 Å². The highest BCUT2D eigenvalue weighted by atomic mass is 35.5. The van der Waals surface area contributed by atoms with Gasteiger partial charge in [-0.05, 0) is 36.8 Å². The van der Waals surface area contributed by atoms with Crippen molar-refractivity contribution in [3.63, 3.8) is 0 Å². The van der Waals surface area contributed by atoms with Crippen molar-refractivity contribution in [2.75, 3.05) is 4.90 Å². The number of halogens is 5. The number of aldehydes is 1. The second kappa shape index (κ2) is 9.25. The molecule has 2 aromatic carbocycles. The van der Waals surface area contributed by atoms with Gasteiger partial charge in [-0.1, -0.05) is 28.9 Å². The molecule has 1 atom stereocenters. The number of rotatable bonds is 8. The van der Waals surface area contributed by atoms with E-state index in [2.05, 4.69) is 14.7 Å². The van der Waals surface area contributed by atoms with Crippen LogP contribution >= 0.6 is 11.6 Å². The van der Waals surface area contributed by atoms with E-state index >= 15 is 0 Å². The number of aromatic nitrogens is 2. The Bertz CT molecular complexity index is 979. The molecule has 3 aromatic rings. The van der Waals surface area contributed by atoms with E-state index in [0.29, 0.717) is 22.6 Å². The molecule has 0 fully saturated rings. The first-order valence-corrected chi connectivity index (χ1v) is 9.24. The Morgan fingerprint density at radius 3 is 2.47 bits per heavy atom. The summed E-state index contributed by atoms with van der Waals surface area (Å²) in [7, 11) is 0. The highest BCUT2D eigenvalue weighted by molar-refractivity contribution is 6.30. The Hall–Kier alpha value is -2.94. The van der Waals surface area contributed by atoms with Crippen LogP contribution in [0.25, 0.3) is 11.4 Å². The highest BCUT2D eigenvalue weighted by Crippen LogP contribution is 2.29. The maximum absolute atomic E-state index is 14.7. The van der Waals surface area contributed by atoms with Gasteiger partial charge in [0.15, 0.2) is 0 Å². The van der Waals surface area contributed by atoms with Crippen LogP contribution in [0.3, 0.4) is 0 Å². The summed E-state index contributed by atoms with van der Waals surface area (Å²) in [6.07, 6.45) is -4.47. The molecule has 158 valence electrons. The Morgan fingerprint density at radius 2 is 1.90 bits per heavy atom. The maximum atomic E-state index is 14.7. The van der Waals surface area contributed by atoms with Crippen molar-refractivity contribution in [1.29, 1.82) is 0 Å². The zero-order valence-electron chi connectivity index (χ0n) is 15.4. The lowest BCUT2D eigenvalue weighted by Gasteiger charge is -2.31. The first kappa shape index (κ1) is 21.8. The lowest BCUT2D eigenvalue weighted by Crippen LogP contribution is -2.37. The standard InChI is InChI=1S/C20H16ClF4N3O2/c21-15-3-5-16(6-4-15)28(17(11-29)7-8-20(23,24)25)10-14-2-1-13(9-18(14)22)19-26-12-30-27-19/h1-6,9,11-12,17H,7-8,10H2/t17-/m1/s1. The molecule has 0 aliphatic heterocycles. The Morgan fingerprint density at radius 1 is 1.17 bits per heavy atom. The average Bonchev–Trinajstić information content (AvgIpc) is 3.23. The van der Waals surface area contributed by atoms with Crippen molar-refractivity contribution in [2.45, 2.75) is 31.6 Å². The molecule has 0 N–H and O–H groups in total. The van der Waals surface area contributed by atoms with Crippen LogP contribution in [0.15, 0.2) is 53.4 Å². The summed E-state index contributed by atoms with van der Waals surface area (Å²) in [6.45, 7) is -0.124. The number of hydrogen-bond donors (Lipinski definition) is 0. The number of anilines is 1. The zero-order chi connectivity index (χ0) is 21.7. The SMILES string of the molecule is O=C[C@@H](CCC(F)(F)F)N(Cc1ccc(-c2ncon2)cc1F)c1ccc(Cl)cc1. The Kier molecular flexibility index (Phi) is 6.71. The van der Waals surface area contributed by atoms with E-state index in [0.717, 1.165) is 6.39 Å². The summed E-state index contributed by atoms with van der Waals surface area (Å²) < 4.78 is 57.5. The molecule has 0 aliphatic rings. The first-order valence-electron chi connectivity index (χ1n) is 8.86. The largest absolute Gasteiger partial charge is 0.389 e. The molecule has 0 bridgehead atoms. The molecule has 1 aromatic heterocycles. The molecular weight excluding hydrogens is 426 g/mol. The fraction of sp³-hybridized carbons (Fsp3) is 0.250. The maximum Gasteiger partial charge on any atom is 0.389 e.